The molecule has 0 fully saturated rings. The number of nitrogens with one attached hydrogen (secondary N) is 1. The summed E-state index contributed by atoms with van der Waals surface area (Å²) in [6, 6.07) is 25.5. The molecule has 1 N–H and O–H groups in total. The van der Waals surface area contributed by atoms with Crippen LogP contribution in [0.5, 0.6) is 0 Å². The lowest BCUT2D eigenvalue weighted by atomic mass is 10.2. The van der Waals surface area contributed by atoms with Gasteiger partial charge in [-0.25, -0.2) is 0 Å². The zero-order chi connectivity index (χ0) is 19.3. The summed E-state index contributed by atoms with van der Waals surface area (Å²) in [7, 11) is -2.45. The fourth-order valence-corrected chi connectivity index (χ4v) is 6.17. The molecule has 0 unspecified atom stereocenters. The molecule has 4 nitrogen and oxygen atoms in total. The van der Waals surface area contributed by atoms with Crippen molar-refractivity contribution in [2.75, 3.05) is 7.05 Å². The summed E-state index contributed by atoms with van der Waals surface area (Å²) < 4.78 is 0. The fourth-order valence-electron chi connectivity index (χ4n) is 3.07. The lowest BCUT2D eigenvalue weighted by Gasteiger charge is -2.26. The van der Waals surface area contributed by atoms with E-state index in [1.54, 1.807) is 91.0 Å². The van der Waals surface area contributed by atoms with Gasteiger partial charge in [0.2, 0.25) is 0 Å². The molecule has 5 heteroatoms. The van der Waals surface area contributed by atoms with Crippen molar-refractivity contribution in [3.05, 3.63) is 108 Å². The van der Waals surface area contributed by atoms with Gasteiger partial charge in [0.05, 0.1) is 0 Å². The molecule has 0 atom stereocenters. The Morgan fingerprint density at radius 2 is 0.815 bits per heavy atom. The first-order chi connectivity index (χ1) is 13.1. The van der Waals surface area contributed by atoms with Gasteiger partial charge >= 0.3 is 8.24 Å². The fraction of sp³-hybridized carbons (Fsp3) is 0.0455. The van der Waals surface area contributed by atoms with Gasteiger partial charge in [-0.05, 0) is 7.05 Å². The minimum absolute atomic E-state index is 0.354. The zero-order valence-corrected chi connectivity index (χ0v) is 15.9. The third kappa shape index (κ3) is 3.42. The topological polar surface area (TPSA) is 63.2 Å². The van der Waals surface area contributed by atoms with Gasteiger partial charge in [-0.15, -0.1) is 0 Å². The molecule has 0 aliphatic rings. The molecule has 0 saturated heterocycles. The van der Waals surface area contributed by atoms with E-state index >= 15 is 0 Å². The highest BCUT2D eigenvalue weighted by molar-refractivity contribution is 7.42. The molecule has 0 aliphatic heterocycles. The zero-order valence-electron chi connectivity index (χ0n) is 14.9. The van der Waals surface area contributed by atoms with Gasteiger partial charge < -0.3 is 4.98 Å². The molecule has 0 spiro atoms. The lowest BCUT2D eigenvalue weighted by molar-refractivity contribution is 0.0976. The average molecular weight is 373 g/mol. The second-order valence-corrected chi connectivity index (χ2v) is 9.45. The van der Waals surface area contributed by atoms with Gasteiger partial charge in [-0.2, -0.15) is 0 Å². The first kappa shape index (κ1) is 18.6. The summed E-state index contributed by atoms with van der Waals surface area (Å²) in [6.07, 6.45) is 0. The van der Waals surface area contributed by atoms with Crippen LogP contribution in [0.25, 0.3) is 0 Å². The first-order valence-electron chi connectivity index (χ1n) is 8.59. The summed E-state index contributed by atoms with van der Waals surface area (Å²) in [4.78, 5) is 43.4. The van der Waals surface area contributed by atoms with Crippen LogP contribution in [0.1, 0.15) is 31.1 Å². The average Bonchev–Trinajstić information content (AvgIpc) is 2.76. The van der Waals surface area contributed by atoms with Crippen LogP contribution >= 0.6 is 0 Å². The number of rotatable bonds is 7. The van der Waals surface area contributed by atoms with E-state index in [4.69, 9.17) is 0 Å². The maximum absolute atomic E-state index is 13.5. The van der Waals surface area contributed by atoms with E-state index in [9.17, 15) is 14.4 Å². The van der Waals surface area contributed by atoms with Crippen molar-refractivity contribution in [1.29, 1.82) is 0 Å². The maximum Gasteiger partial charge on any atom is 0.362 e. The van der Waals surface area contributed by atoms with E-state index in [-0.39, 0.29) is 0 Å². The Labute approximate surface area is 159 Å². The predicted octanol–water partition coefficient (Wildman–Crippen LogP) is 3.42. The Balaban J connectivity index is 2.20. The summed E-state index contributed by atoms with van der Waals surface area (Å²) in [6.45, 7) is 0. The quantitative estimate of drug-likeness (QED) is 0.645. The summed E-state index contributed by atoms with van der Waals surface area (Å²) in [5, 5.41) is -1.31. The van der Waals surface area contributed by atoms with Crippen LogP contribution < -0.4 is 4.98 Å². The Morgan fingerprint density at radius 3 is 1.04 bits per heavy atom. The standard InChI is InChI=1S/C22H19NO3Si/c1-23-27(20(24)17-11-5-2-6-12-17,21(25)18-13-7-3-8-14-18)22(26)19-15-9-4-10-16-19/h2-16,23H,1H3. The van der Waals surface area contributed by atoms with E-state index in [0.29, 0.717) is 16.7 Å². The molecule has 0 aliphatic carbocycles. The number of carbonyl (C=O) groups is 3. The molecular formula is C22H19NO3Si. The van der Waals surface area contributed by atoms with Crippen molar-refractivity contribution in [2.45, 2.75) is 0 Å². The predicted molar refractivity (Wildman–Crippen MR) is 107 cm³/mol. The largest absolute Gasteiger partial charge is 0.362 e. The van der Waals surface area contributed by atoms with Crippen LogP contribution in [0, 0.1) is 0 Å². The van der Waals surface area contributed by atoms with E-state index in [1.807, 2.05) is 0 Å². The van der Waals surface area contributed by atoms with Crippen LogP contribution in [0.3, 0.4) is 0 Å². The molecule has 3 aromatic rings. The van der Waals surface area contributed by atoms with Gasteiger partial charge in [-0.1, -0.05) is 91.0 Å². The van der Waals surface area contributed by atoms with Crippen LogP contribution in [0.4, 0.5) is 0 Å². The highest BCUT2D eigenvalue weighted by Gasteiger charge is 2.56. The Morgan fingerprint density at radius 1 is 0.556 bits per heavy atom. The van der Waals surface area contributed by atoms with Crippen molar-refractivity contribution < 1.29 is 14.4 Å². The van der Waals surface area contributed by atoms with Crippen molar-refractivity contribution >= 4 is 24.5 Å². The van der Waals surface area contributed by atoms with Crippen molar-refractivity contribution in [3.63, 3.8) is 0 Å². The van der Waals surface area contributed by atoms with E-state index in [0.717, 1.165) is 0 Å². The third-order valence-corrected chi connectivity index (χ3v) is 8.16. The van der Waals surface area contributed by atoms with E-state index < -0.39 is 24.5 Å². The summed E-state index contributed by atoms with van der Waals surface area (Å²) >= 11 is 0. The number of hydrogen-bond donors (Lipinski definition) is 1. The van der Waals surface area contributed by atoms with Gasteiger partial charge in [0.25, 0.3) is 0 Å². The molecule has 0 bridgehead atoms. The molecular weight excluding hydrogens is 354 g/mol. The van der Waals surface area contributed by atoms with Crippen LogP contribution in [0.2, 0.25) is 0 Å². The molecule has 3 aromatic carbocycles. The molecule has 27 heavy (non-hydrogen) atoms. The first-order valence-corrected chi connectivity index (χ1v) is 10.6. The maximum atomic E-state index is 13.5. The Hall–Kier alpha value is -3.15. The highest BCUT2D eigenvalue weighted by atomic mass is 28.3. The lowest BCUT2D eigenvalue weighted by Crippen LogP contribution is -2.69. The monoisotopic (exact) mass is 373 g/mol. The molecule has 0 radical (unpaired) electrons. The smallest absolute Gasteiger partial charge is 0.322 e. The molecule has 0 aromatic heterocycles. The van der Waals surface area contributed by atoms with E-state index in [1.165, 1.54) is 7.05 Å². The van der Waals surface area contributed by atoms with Crippen LogP contribution in [-0.4, -0.2) is 31.5 Å². The molecule has 0 heterocycles. The van der Waals surface area contributed by atoms with Crippen LogP contribution in [0.15, 0.2) is 91.0 Å². The molecule has 134 valence electrons. The minimum atomic E-state index is -3.97. The normalized spacial score (nSPS) is 11.0. The molecule has 3 rings (SSSR count). The van der Waals surface area contributed by atoms with Gasteiger partial charge in [-0.3, -0.25) is 14.4 Å². The number of benzene rings is 3. The summed E-state index contributed by atoms with van der Waals surface area (Å²) in [5.41, 5.74) is 1.06. The van der Waals surface area contributed by atoms with Crippen LogP contribution in [-0.2, 0) is 0 Å². The van der Waals surface area contributed by atoms with Gasteiger partial charge in [0, 0.05) is 16.7 Å². The van der Waals surface area contributed by atoms with E-state index in [2.05, 4.69) is 4.98 Å². The minimum Gasteiger partial charge on any atom is -0.322 e. The van der Waals surface area contributed by atoms with Gasteiger partial charge in [0.15, 0.2) is 16.2 Å². The second-order valence-electron chi connectivity index (χ2n) is 6.09. The Kier molecular flexibility index (Phi) is 5.54. The third-order valence-electron chi connectivity index (χ3n) is 4.50. The number of hydrogen-bond acceptors (Lipinski definition) is 4. The number of carbonyl (C=O) groups excluding carboxylic acids is 3. The molecule has 0 saturated carbocycles. The SMILES string of the molecule is CN[Si](C(=O)c1ccccc1)(C(=O)c1ccccc1)C(=O)c1ccccc1. The second kappa shape index (κ2) is 8.03. The van der Waals surface area contributed by atoms with Crippen molar-refractivity contribution in [2.24, 2.45) is 0 Å². The molecule has 0 amide bonds. The van der Waals surface area contributed by atoms with Crippen molar-refractivity contribution in [3.8, 4) is 0 Å². The van der Waals surface area contributed by atoms with Gasteiger partial charge in [0.1, 0.15) is 0 Å². The Bertz CT molecular complexity index is 831. The van der Waals surface area contributed by atoms with Crippen molar-refractivity contribution in [1.82, 2.24) is 4.98 Å². The summed E-state index contributed by atoms with van der Waals surface area (Å²) in [5.74, 6) is 0. The highest BCUT2D eigenvalue weighted by Crippen LogP contribution is 2.20.